The SMILES string of the molecule is CN(C)c1ccc(C2SCC(=O)N2c2ccc3ccccc3c2)cc1. The Morgan fingerprint density at radius 3 is 2.40 bits per heavy atom. The van der Waals surface area contributed by atoms with Crippen LogP contribution in [-0.4, -0.2) is 25.8 Å². The van der Waals surface area contributed by atoms with Crippen LogP contribution in [0.4, 0.5) is 11.4 Å². The molecule has 4 rings (SSSR count). The van der Waals surface area contributed by atoms with Crippen LogP contribution in [0.5, 0.6) is 0 Å². The number of hydrogen-bond acceptors (Lipinski definition) is 3. The lowest BCUT2D eigenvalue weighted by molar-refractivity contribution is -0.115. The fourth-order valence-electron chi connectivity index (χ4n) is 3.21. The van der Waals surface area contributed by atoms with Crippen LogP contribution >= 0.6 is 11.8 Å². The summed E-state index contributed by atoms with van der Waals surface area (Å²) in [5, 5.41) is 2.38. The van der Waals surface area contributed by atoms with E-state index in [-0.39, 0.29) is 11.3 Å². The topological polar surface area (TPSA) is 23.6 Å². The number of anilines is 2. The summed E-state index contributed by atoms with van der Waals surface area (Å²) in [5.74, 6) is 0.689. The molecule has 1 fully saturated rings. The highest BCUT2D eigenvalue weighted by molar-refractivity contribution is 8.00. The minimum Gasteiger partial charge on any atom is -0.378 e. The van der Waals surface area contributed by atoms with Gasteiger partial charge >= 0.3 is 0 Å². The molecule has 126 valence electrons. The number of thioether (sulfide) groups is 1. The van der Waals surface area contributed by atoms with Crippen LogP contribution in [0.15, 0.2) is 66.7 Å². The van der Waals surface area contributed by atoms with Gasteiger partial charge in [-0.1, -0.05) is 42.5 Å². The normalized spacial score (nSPS) is 17.3. The van der Waals surface area contributed by atoms with E-state index in [2.05, 4.69) is 53.4 Å². The van der Waals surface area contributed by atoms with Crippen LogP contribution in [0.3, 0.4) is 0 Å². The number of carbonyl (C=O) groups is 1. The second-order valence-corrected chi connectivity index (χ2v) is 7.51. The lowest BCUT2D eigenvalue weighted by Crippen LogP contribution is -2.27. The molecule has 1 heterocycles. The summed E-state index contributed by atoms with van der Waals surface area (Å²) in [6.45, 7) is 0. The molecule has 1 aliphatic rings. The van der Waals surface area contributed by atoms with E-state index >= 15 is 0 Å². The average molecular weight is 348 g/mol. The summed E-state index contributed by atoms with van der Waals surface area (Å²) >= 11 is 1.69. The number of fused-ring (bicyclic) bond motifs is 1. The van der Waals surface area contributed by atoms with E-state index in [9.17, 15) is 4.79 Å². The maximum atomic E-state index is 12.6. The number of hydrogen-bond donors (Lipinski definition) is 0. The number of nitrogens with zero attached hydrogens (tertiary/aromatic N) is 2. The summed E-state index contributed by atoms with van der Waals surface area (Å²) < 4.78 is 0. The smallest absolute Gasteiger partial charge is 0.238 e. The van der Waals surface area contributed by atoms with Crippen LogP contribution < -0.4 is 9.80 Å². The Hall–Kier alpha value is -2.46. The molecule has 0 aromatic heterocycles. The molecule has 1 amide bonds. The van der Waals surface area contributed by atoms with Gasteiger partial charge in [0.2, 0.25) is 5.91 Å². The van der Waals surface area contributed by atoms with E-state index < -0.39 is 0 Å². The number of rotatable bonds is 3. The standard InChI is InChI=1S/C21H20N2OS/c1-22(2)18-10-8-16(9-11-18)21-23(20(24)14-25-21)19-12-7-15-5-3-4-6-17(15)13-19/h3-13,21H,14H2,1-2H3. The zero-order valence-electron chi connectivity index (χ0n) is 14.3. The molecule has 1 saturated heterocycles. The molecule has 1 aliphatic heterocycles. The lowest BCUT2D eigenvalue weighted by atomic mass is 10.1. The zero-order valence-corrected chi connectivity index (χ0v) is 15.2. The first kappa shape index (κ1) is 16.0. The molecule has 1 unspecified atom stereocenters. The molecule has 3 nitrogen and oxygen atoms in total. The Balaban J connectivity index is 1.71. The Morgan fingerprint density at radius 1 is 0.960 bits per heavy atom. The Kier molecular flexibility index (Phi) is 4.14. The maximum Gasteiger partial charge on any atom is 0.238 e. The van der Waals surface area contributed by atoms with Gasteiger partial charge in [-0.2, -0.15) is 0 Å². The molecule has 25 heavy (non-hydrogen) atoms. The third kappa shape index (κ3) is 2.98. The number of amides is 1. The van der Waals surface area contributed by atoms with Gasteiger partial charge in [0.05, 0.1) is 5.75 Å². The predicted octanol–water partition coefficient (Wildman–Crippen LogP) is 4.68. The van der Waals surface area contributed by atoms with Gasteiger partial charge in [-0.3, -0.25) is 9.69 Å². The highest BCUT2D eigenvalue weighted by Crippen LogP contribution is 2.42. The van der Waals surface area contributed by atoms with Gasteiger partial charge < -0.3 is 4.90 Å². The largest absolute Gasteiger partial charge is 0.378 e. The Morgan fingerprint density at radius 2 is 1.68 bits per heavy atom. The molecule has 0 saturated carbocycles. The minimum atomic E-state index is 0.0323. The average Bonchev–Trinajstić information content (AvgIpc) is 3.03. The molecular formula is C21H20N2OS. The second kappa shape index (κ2) is 6.45. The second-order valence-electron chi connectivity index (χ2n) is 6.44. The van der Waals surface area contributed by atoms with Crippen LogP contribution in [0.2, 0.25) is 0 Å². The van der Waals surface area contributed by atoms with E-state index in [1.807, 2.05) is 37.2 Å². The van der Waals surface area contributed by atoms with Crippen molar-refractivity contribution in [2.75, 3.05) is 29.6 Å². The summed E-state index contributed by atoms with van der Waals surface area (Å²) in [4.78, 5) is 16.6. The summed E-state index contributed by atoms with van der Waals surface area (Å²) in [6, 6.07) is 23.0. The fourth-order valence-corrected chi connectivity index (χ4v) is 4.39. The summed E-state index contributed by atoms with van der Waals surface area (Å²) in [6.07, 6.45) is 0. The highest BCUT2D eigenvalue weighted by Gasteiger charge is 2.34. The van der Waals surface area contributed by atoms with Gasteiger partial charge in [0.15, 0.2) is 0 Å². The highest BCUT2D eigenvalue weighted by atomic mass is 32.2. The first-order chi connectivity index (χ1) is 12.1. The maximum absolute atomic E-state index is 12.6. The van der Waals surface area contributed by atoms with Crippen molar-refractivity contribution in [1.82, 2.24) is 0 Å². The lowest BCUT2D eigenvalue weighted by Gasteiger charge is -2.25. The first-order valence-corrected chi connectivity index (χ1v) is 9.38. The number of benzene rings is 3. The van der Waals surface area contributed by atoms with Crippen LogP contribution in [0.25, 0.3) is 10.8 Å². The van der Waals surface area contributed by atoms with Gasteiger partial charge in [0, 0.05) is 25.5 Å². The molecule has 3 aromatic carbocycles. The zero-order chi connectivity index (χ0) is 17.4. The van der Waals surface area contributed by atoms with Crippen molar-refractivity contribution in [3.8, 4) is 0 Å². The van der Waals surface area contributed by atoms with Crippen molar-refractivity contribution in [3.63, 3.8) is 0 Å². The van der Waals surface area contributed by atoms with Crippen molar-refractivity contribution >= 4 is 39.8 Å². The van der Waals surface area contributed by atoms with E-state index in [4.69, 9.17) is 0 Å². The molecule has 1 atom stereocenters. The molecule has 4 heteroatoms. The molecule has 0 spiro atoms. The van der Waals surface area contributed by atoms with Crippen molar-refractivity contribution in [1.29, 1.82) is 0 Å². The van der Waals surface area contributed by atoms with E-state index in [0.29, 0.717) is 5.75 Å². The molecule has 0 N–H and O–H groups in total. The molecule has 0 aliphatic carbocycles. The van der Waals surface area contributed by atoms with Crippen LogP contribution in [0, 0.1) is 0 Å². The Labute approximate surface area is 152 Å². The van der Waals surface area contributed by atoms with Crippen LogP contribution in [0.1, 0.15) is 10.9 Å². The summed E-state index contributed by atoms with van der Waals surface area (Å²) in [5.41, 5.74) is 3.29. The number of carbonyl (C=O) groups excluding carboxylic acids is 1. The molecular weight excluding hydrogens is 328 g/mol. The third-order valence-corrected chi connectivity index (χ3v) is 5.79. The Bertz CT molecular complexity index is 921. The molecule has 0 bridgehead atoms. The minimum absolute atomic E-state index is 0.0323. The summed E-state index contributed by atoms with van der Waals surface area (Å²) in [7, 11) is 4.06. The van der Waals surface area contributed by atoms with Crippen molar-refractivity contribution in [2.45, 2.75) is 5.37 Å². The molecule has 0 radical (unpaired) electrons. The predicted molar refractivity (Wildman–Crippen MR) is 107 cm³/mol. The van der Waals surface area contributed by atoms with Gasteiger partial charge in [-0.05, 0) is 40.6 Å². The first-order valence-electron chi connectivity index (χ1n) is 8.33. The van der Waals surface area contributed by atoms with E-state index in [0.717, 1.165) is 22.3 Å². The van der Waals surface area contributed by atoms with Gasteiger partial charge in [-0.15, -0.1) is 11.8 Å². The quantitative estimate of drug-likeness (QED) is 0.686. The van der Waals surface area contributed by atoms with E-state index in [1.165, 1.54) is 5.39 Å². The molecule has 3 aromatic rings. The van der Waals surface area contributed by atoms with E-state index in [1.54, 1.807) is 11.8 Å². The van der Waals surface area contributed by atoms with Crippen molar-refractivity contribution in [2.24, 2.45) is 0 Å². The van der Waals surface area contributed by atoms with Crippen molar-refractivity contribution in [3.05, 3.63) is 72.3 Å². The fraction of sp³-hybridized carbons (Fsp3) is 0.190. The third-order valence-electron chi connectivity index (χ3n) is 4.57. The van der Waals surface area contributed by atoms with Crippen LogP contribution in [-0.2, 0) is 4.79 Å². The van der Waals surface area contributed by atoms with Gasteiger partial charge in [0.1, 0.15) is 5.37 Å². The van der Waals surface area contributed by atoms with Gasteiger partial charge in [0.25, 0.3) is 0 Å². The monoisotopic (exact) mass is 348 g/mol. The van der Waals surface area contributed by atoms with Gasteiger partial charge in [-0.25, -0.2) is 0 Å². The van der Waals surface area contributed by atoms with Crippen molar-refractivity contribution < 1.29 is 4.79 Å².